The molecule has 1 aliphatic rings. The van der Waals surface area contributed by atoms with Crippen molar-refractivity contribution in [3.05, 3.63) is 12.7 Å². The van der Waals surface area contributed by atoms with Crippen molar-refractivity contribution in [1.82, 2.24) is 19.5 Å². The number of aliphatic hydroxyl groups is 2. The van der Waals surface area contributed by atoms with Gasteiger partial charge in [0.1, 0.15) is 28.6 Å². The molecule has 0 aromatic carbocycles. The van der Waals surface area contributed by atoms with E-state index in [1.807, 2.05) is 0 Å². The molecule has 16 heteroatoms. The van der Waals surface area contributed by atoms with E-state index in [0.717, 1.165) is 0 Å². The summed E-state index contributed by atoms with van der Waals surface area (Å²) in [5.74, 6) is 0.0861. The van der Waals surface area contributed by atoms with Gasteiger partial charge in [-0.05, 0) is 36.6 Å². The first-order chi connectivity index (χ1) is 13.6. The molecule has 2 aromatic rings. The molecular formula is C14H21N5O9P2. The monoisotopic (exact) mass is 465 g/mol. The van der Waals surface area contributed by atoms with Crippen molar-refractivity contribution in [2.45, 2.75) is 50.2 Å². The molecule has 6 atom stereocenters. The number of anilines is 1. The van der Waals surface area contributed by atoms with Gasteiger partial charge in [0.25, 0.3) is 0 Å². The highest BCUT2D eigenvalue weighted by Gasteiger charge is 2.73. The first kappa shape index (κ1) is 23.1. The number of hydrogen-bond donors (Lipinski definition) is 4. The summed E-state index contributed by atoms with van der Waals surface area (Å²) < 4.78 is 38.3. The molecule has 0 aliphatic carbocycles. The molecule has 0 amide bonds. The van der Waals surface area contributed by atoms with Crippen LogP contribution in [0.15, 0.2) is 12.7 Å². The Morgan fingerprint density at radius 1 is 1.27 bits per heavy atom. The van der Waals surface area contributed by atoms with Crippen molar-refractivity contribution in [2.75, 3.05) is 12.3 Å². The average molecular weight is 465 g/mol. The summed E-state index contributed by atoms with van der Waals surface area (Å²) in [7, 11) is -8.69. The second kappa shape index (κ2) is 6.95. The summed E-state index contributed by atoms with van der Waals surface area (Å²) >= 11 is 0. The number of phosphoric acid groups is 1. The van der Waals surface area contributed by atoms with Crippen LogP contribution in [0.4, 0.5) is 5.82 Å². The van der Waals surface area contributed by atoms with E-state index in [0.29, 0.717) is 0 Å². The Morgan fingerprint density at radius 2 is 1.90 bits per heavy atom. The van der Waals surface area contributed by atoms with Gasteiger partial charge in [-0.2, -0.15) is 0 Å². The zero-order valence-electron chi connectivity index (χ0n) is 16.4. The summed E-state index contributed by atoms with van der Waals surface area (Å²) in [6.07, 6.45) is 2.47. The molecule has 0 radical (unpaired) electrons. The minimum atomic E-state index is -5.01. The predicted molar refractivity (Wildman–Crippen MR) is 98.6 cm³/mol. The van der Waals surface area contributed by atoms with Crippen LogP contribution in [0, 0.1) is 0 Å². The maximum absolute atomic E-state index is 11.8. The summed E-state index contributed by atoms with van der Waals surface area (Å²) in [6, 6.07) is 0. The van der Waals surface area contributed by atoms with Crippen LogP contribution in [-0.2, 0) is 28.4 Å². The van der Waals surface area contributed by atoms with E-state index in [9.17, 15) is 29.1 Å². The van der Waals surface area contributed by atoms with Crippen LogP contribution in [-0.4, -0.2) is 58.0 Å². The van der Waals surface area contributed by atoms with Gasteiger partial charge in [0, 0.05) is 0 Å². The summed E-state index contributed by atoms with van der Waals surface area (Å²) in [6.45, 7) is 4.47. The molecular weight excluding hydrogens is 444 g/mol. The molecule has 30 heavy (non-hydrogen) atoms. The fourth-order valence-corrected chi connectivity index (χ4v) is 4.81. The Bertz CT molecular complexity index is 1060. The summed E-state index contributed by atoms with van der Waals surface area (Å²) in [5, 5.41) is 22.5. The number of rotatable bonds is 6. The van der Waals surface area contributed by atoms with E-state index >= 15 is 0 Å². The predicted octanol–water partition coefficient (Wildman–Crippen LogP) is -0.477. The largest absolute Gasteiger partial charge is 0.566 e. The topological polar surface area (TPSA) is 215 Å². The van der Waals surface area contributed by atoms with Crippen LogP contribution < -0.4 is 10.6 Å². The van der Waals surface area contributed by atoms with E-state index < -0.39 is 45.2 Å². The van der Waals surface area contributed by atoms with Crippen molar-refractivity contribution >= 4 is 33.1 Å². The van der Waals surface area contributed by atoms with Gasteiger partial charge in [0.15, 0.2) is 17.2 Å². The molecule has 0 saturated carbocycles. The molecule has 14 nitrogen and oxygen atoms in total. The highest BCUT2D eigenvalue weighted by Crippen LogP contribution is 2.57. The van der Waals surface area contributed by atoms with Crippen LogP contribution >= 0.6 is 16.1 Å². The Morgan fingerprint density at radius 3 is 2.50 bits per heavy atom. The van der Waals surface area contributed by atoms with Crippen molar-refractivity contribution in [3.63, 3.8) is 0 Å². The third-order valence-corrected chi connectivity index (χ3v) is 7.61. The van der Waals surface area contributed by atoms with Gasteiger partial charge < -0.3 is 30.5 Å². The van der Waals surface area contributed by atoms with Crippen LogP contribution in [0.1, 0.15) is 27.7 Å². The molecule has 3 unspecified atom stereocenters. The smallest absolute Gasteiger partial charge is 0.515 e. The van der Waals surface area contributed by atoms with E-state index in [1.54, 1.807) is 0 Å². The number of imidazole rings is 1. The minimum Gasteiger partial charge on any atom is -0.566 e. The standard InChI is InChI=1S/C14H21N5O9P2/c1-11(5-26-30(24,25)28-29(22)23)12(2,20)13(3,21)14(4,27-11)19-7-18-8-9(15)16-6-17-10(8)19/h6-7,20-21H,5H2,1-4H3,(H,24,25)(H2,15,16,17)/t11-,12+,13?,14-/m1/s1. The molecule has 1 aliphatic heterocycles. The molecule has 166 valence electrons. The number of aromatic nitrogens is 4. The molecule has 1 fully saturated rings. The van der Waals surface area contributed by atoms with Gasteiger partial charge in [-0.3, -0.25) is 9.09 Å². The second-order valence-electron chi connectivity index (χ2n) is 7.55. The molecule has 0 bridgehead atoms. The Hall–Kier alpha value is -1.60. The molecule has 0 spiro atoms. The Labute approximate surface area is 171 Å². The van der Waals surface area contributed by atoms with Crippen LogP contribution in [0.25, 0.3) is 11.2 Å². The quantitative estimate of drug-likeness (QED) is 0.397. The van der Waals surface area contributed by atoms with Crippen LogP contribution in [0.3, 0.4) is 0 Å². The number of nitrogens with zero attached hydrogens (tertiary/aromatic N) is 4. The SMILES string of the molecule is CC1(O)[C@](C)(n2cnc3c(N)ncnc32)O[C@](C)(COP(=O)(O)O[P+](=O)[O-])[C@]1(C)O. The number of fused-ring (bicyclic) bond motifs is 1. The van der Waals surface area contributed by atoms with Crippen LogP contribution in [0.5, 0.6) is 0 Å². The zero-order chi connectivity index (χ0) is 22.8. The van der Waals surface area contributed by atoms with E-state index in [2.05, 4.69) is 19.3 Å². The third kappa shape index (κ3) is 3.25. The number of phosphoric ester groups is 1. The lowest BCUT2D eigenvalue weighted by atomic mass is 9.73. The highest BCUT2D eigenvalue weighted by molar-refractivity contribution is 7.55. The van der Waals surface area contributed by atoms with E-state index in [4.69, 9.17) is 15.0 Å². The molecule has 3 heterocycles. The minimum absolute atomic E-state index is 0.0861. The number of hydrogen-bond acceptors (Lipinski definition) is 12. The van der Waals surface area contributed by atoms with Gasteiger partial charge in [0.2, 0.25) is 0 Å². The van der Waals surface area contributed by atoms with Gasteiger partial charge in [-0.25, -0.2) is 19.5 Å². The number of ether oxygens (including phenoxy) is 1. The van der Waals surface area contributed by atoms with Crippen molar-refractivity contribution in [1.29, 1.82) is 0 Å². The first-order valence-corrected chi connectivity index (χ1v) is 11.1. The summed E-state index contributed by atoms with van der Waals surface area (Å²) in [5.41, 5.74) is -1.46. The average Bonchev–Trinajstić information content (AvgIpc) is 3.08. The third-order valence-electron chi connectivity index (χ3n) is 5.80. The maximum Gasteiger partial charge on any atom is 0.515 e. The van der Waals surface area contributed by atoms with Crippen molar-refractivity contribution in [2.24, 2.45) is 0 Å². The normalized spacial score (nSPS) is 36.7. The fraction of sp³-hybridized carbons (Fsp3) is 0.643. The van der Waals surface area contributed by atoms with E-state index in [1.165, 1.54) is 44.9 Å². The van der Waals surface area contributed by atoms with Crippen LogP contribution in [0.2, 0.25) is 0 Å². The molecule has 3 rings (SSSR count). The number of nitrogens with two attached hydrogens (primary N) is 1. The first-order valence-electron chi connectivity index (χ1n) is 8.48. The van der Waals surface area contributed by atoms with Gasteiger partial charge >= 0.3 is 16.1 Å². The molecule has 1 saturated heterocycles. The lowest BCUT2D eigenvalue weighted by Crippen LogP contribution is -2.63. The van der Waals surface area contributed by atoms with Gasteiger partial charge in [0.05, 0.1) is 12.9 Å². The lowest BCUT2D eigenvalue weighted by Gasteiger charge is -2.42. The maximum atomic E-state index is 11.8. The van der Waals surface area contributed by atoms with Crippen molar-refractivity contribution in [3.8, 4) is 0 Å². The fourth-order valence-electron chi connectivity index (χ4n) is 3.54. The molecule has 2 aromatic heterocycles. The molecule has 5 N–H and O–H groups in total. The highest BCUT2D eigenvalue weighted by atomic mass is 31.2. The summed E-state index contributed by atoms with van der Waals surface area (Å²) in [4.78, 5) is 32.2. The van der Waals surface area contributed by atoms with Gasteiger partial charge in [-0.1, -0.05) is 0 Å². The lowest BCUT2D eigenvalue weighted by molar-refractivity contribution is -0.192. The van der Waals surface area contributed by atoms with E-state index in [-0.39, 0.29) is 17.0 Å². The Balaban J connectivity index is 2.05. The zero-order valence-corrected chi connectivity index (χ0v) is 18.2. The second-order valence-corrected chi connectivity index (χ2v) is 9.85. The number of nitrogen functional groups attached to an aromatic ring is 1. The van der Waals surface area contributed by atoms with Crippen molar-refractivity contribution < 1.29 is 42.7 Å². The van der Waals surface area contributed by atoms with Gasteiger partial charge in [-0.15, -0.1) is 0 Å². The Kier molecular flexibility index (Phi) is 5.35.